The average Bonchev–Trinajstić information content (AvgIpc) is 2.56. The van der Waals surface area contributed by atoms with Gasteiger partial charge >= 0.3 is 0 Å². The second kappa shape index (κ2) is 8.50. The number of thiocarbonyl (C=S) groups is 1. The van der Waals surface area contributed by atoms with Crippen LogP contribution in [-0.4, -0.2) is 15.9 Å². The van der Waals surface area contributed by atoms with Crippen LogP contribution in [0.3, 0.4) is 0 Å². The molecule has 2 N–H and O–H groups in total. The minimum Gasteiger partial charge on any atom is -0.331 e. The highest BCUT2D eigenvalue weighted by atomic mass is 79.9. The SMILES string of the molecule is Cc1ccc(NC(=S)NC(=O)/C=C/c2ccc([N+](=O)[O-])cc2)c(Br)c1. The van der Waals surface area contributed by atoms with E-state index >= 15 is 0 Å². The lowest BCUT2D eigenvalue weighted by molar-refractivity contribution is -0.384. The molecule has 2 aromatic rings. The van der Waals surface area contributed by atoms with Crippen molar-refractivity contribution in [1.29, 1.82) is 0 Å². The number of aryl methyl sites for hydroxylation is 1. The quantitative estimate of drug-likeness (QED) is 0.335. The van der Waals surface area contributed by atoms with Crippen LogP contribution in [0.15, 0.2) is 53.0 Å². The Morgan fingerprint density at radius 1 is 1.24 bits per heavy atom. The van der Waals surface area contributed by atoms with E-state index in [1.54, 1.807) is 18.2 Å². The van der Waals surface area contributed by atoms with Gasteiger partial charge < -0.3 is 5.32 Å². The van der Waals surface area contributed by atoms with Gasteiger partial charge in [0.15, 0.2) is 5.11 Å². The topological polar surface area (TPSA) is 84.3 Å². The lowest BCUT2D eigenvalue weighted by atomic mass is 10.2. The summed E-state index contributed by atoms with van der Waals surface area (Å²) in [7, 11) is 0. The third kappa shape index (κ3) is 5.77. The molecule has 0 aliphatic heterocycles. The molecule has 0 aromatic heterocycles. The van der Waals surface area contributed by atoms with Crippen molar-refractivity contribution in [1.82, 2.24) is 5.32 Å². The summed E-state index contributed by atoms with van der Waals surface area (Å²) in [5, 5.41) is 16.2. The average molecular weight is 420 g/mol. The molecule has 2 rings (SSSR count). The number of carbonyl (C=O) groups excluding carboxylic acids is 1. The number of nitro groups is 1. The lowest BCUT2D eigenvalue weighted by Gasteiger charge is -2.10. The van der Waals surface area contributed by atoms with Crippen LogP contribution in [0.25, 0.3) is 6.08 Å². The van der Waals surface area contributed by atoms with Crippen LogP contribution in [0.2, 0.25) is 0 Å². The molecule has 6 nitrogen and oxygen atoms in total. The number of anilines is 1. The van der Waals surface area contributed by atoms with Gasteiger partial charge in [-0.05, 0) is 76.5 Å². The number of hydrogen-bond donors (Lipinski definition) is 2. The normalized spacial score (nSPS) is 10.5. The maximum absolute atomic E-state index is 11.9. The van der Waals surface area contributed by atoms with E-state index in [4.69, 9.17) is 12.2 Å². The van der Waals surface area contributed by atoms with E-state index in [1.807, 2.05) is 25.1 Å². The summed E-state index contributed by atoms with van der Waals surface area (Å²) in [5.74, 6) is -0.404. The Morgan fingerprint density at radius 3 is 2.52 bits per heavy atom. The molecular weight excluding hydrogens is 406 g/mol. The Balaban J connectivity index is 1.92. The molecule has 0 heterocycles. The van der Waals surface area contributed by atoms with E-state index in [1.165, 1.54) is 18.2 Å². The minimum absolute atomic E-state index is 0.00402. The van der Waals surface area contributed by atoms with Crippen LogP contribution in [0.5, 0.6) is 0 Å². The Morgan fingerprint density at radius 2 is 1.92 bits per heavy atom. The van der Waals surface area contributed by atoms with Gasteiger partial charge in [0.25, 0.3) is 5.69 Å². The van der Waals surface area contributed by atoms with E-state index in [2.05, 4.69) is 26.6 Å². The molecule has 0 aliphatic carbocycles. The van der Waals surface area contributed by atoms with Gasteiger partial charge in [-0.25, -0.2) is 0 Å². The molecule has 0 bridgehead atoms. The standard InChI is InChI=1S/C17H14BrN3O3S/c1-11-2-8-15(14(18)10-11)19-17(25)20-16(22)9-5-12-3-6-13(7-4-12)21(23)24/h2-10H,1H3,(H2,19,20,22,25)/b9-5+. The Kier molecular flexibility index (Phi) is 6.37. The molecule has 25 heavy (non-hydrogen) atoms. The zero-order valence-electron chi connectivity index (χ0n) is 13.2. The van der Waals surface area contributed by atoms with Crippen molar-refractivity contribution in [3.05, 3.63) is 74.3 Å². The van der Waals surface area contributed by atoms with Crippen molar-refractivity contribution >= 4 is 56.6 Å². The van der Waals surface area contributed by atoms with Crippen LogP contribution >= 0.6 is 28.1 Å². The van der Waals surface area contributed by atoms with E-state index in [0.717, 1.165) is 15.7 Å². The second-order valence-electron chi connectivity index (χ2n) is 5.11. The number of non-ortho nitro benzene ring substituents is 1. The Labute approximate surface area is 158 Å². The van der Waals surface area contributed by atoms with Crippen molar-refractivity contribution in [3.8, 4) is 0 Å². The van der Waals surface area contributed by atoms with Crippen LogP contribution in [0, 0.1) is 17.0 Å². The summed E-state index contributed by atoms with van der Waals surface area (Å²) in [4.78, 5) is 22.0. The number of carbonyl (C=O) groups is 1. The maximum atomic E-state index is 11.9. The molecular formula is C17H14BrN3O3S. The van der Waals surface area contributed by atoms with E-state index < -0.39 is 10.8 Å². The fraction of sp³-hybridized carbons (Fsp3) is 0.0588. The van der Waals surface area contributed by atoms with E-state index in [-0.39, 0.29) is 10.8 Å². The molecule has 0 saturated heterocycles. The molecule has 0 radical (unpaired) electrons. The molecule has 0 atom stereocenters. The van der Waals surface area contributed by atoms with Crippen molar-refractivity contribution in [2.45, 2.75) is 6.92 Å². The highest BCUT2D eigenvalue weighted by Gasteiger charge is 2.05. The highest BCUT2D eigenvalue weighted by Crippen LogP contribution is 2.23. The second-order valence-corrected chi connectivity index (χ2v) is 6.37. The number of halogens is 1. The van der Waals surface area contributed by atoms with Gasteiger partial charge in [0.2, 0.25) is 5.91 Å². The molecule has 0 saturated carbocycles. The molecule has 8 heteroatoms. The van der Waals surface area contributed by atoms with Gasteiger partial charge in [0, 0.05) is 22.7 Å². The summed E-state index contributed by atoms with van der Waals surface area (Å²) in [6.45, 7) is 1.97. The summed E-state index contributed by atoms with van der Waals surface area (Å²) in [5.41, 5.74) is 2.50. The third-order valence-electron chi connectivity index (χ3n) is 3.14. The first-order valence-corrected chi connectivity index (χ1v) is 8.36. The smallest absolute Gasteiger partial charge is 0.269 e. The lowest BCUT2D eigenvalue weighted by Crippen LogP contribution is -2.32. The van der Waals surface area contributed by atoms with Gasteiger partial charge in [0.05, 0.1) is 10.6 Å². The Bertz CT molecular complexity index is 851. The van der Waals surface area contributed by atoms with Crippen LogP contribution in [0.4, 0.5) is 11.4 Å². The van der Waals surface area contributed by atoms with Crippen molar-refractivity contribution < 1.29 is 9.72 Å². The third-order valence-corrected chi connectivity index (χ3v) is 4.00. The fourth-order valence-electron chi connectivity index (χ4n) is 1.91. The number of nitrogens with one attached hydrogen (secondary N) is 2. The number of amides is 1. The summed E-state index contributed by atoms with van der Waals surface area (Å²) in [6.07, 6.45) is 2.85. The molecule has 0 unspecified atom stereocenters. The largest absolute Gasteiger partial charge is 0.331 e. The predicted octanol–water partition coefficient (Wildman–Crippen LogP) is 4.19. The van der Waals surface area contributed by atoms with E-state index in [9.17, 15) is 14.9 Å². The fourth-order valence-corrected chi connectivity index (χ4v) is 2.71. The monoisotopic (exact) mass is 419 g/mol. The van der Waals surface area contributed by atoms with Crippen molar-refractivity contribution in [2.75, 3.05) is 5.32 Å². The number of nitro benzene ring substituents is 1. The first kappa shape index (κ1) is 18.8. The van der Waals surface area contributed by atoms with Gasteiger partial charge in [-0.1, -0.05) is 6.07 Å². The summed E-state index contributed by atoms with van der Waals surface area (Å²) >= 11 is 8.53. The summed E-state index contributed by atoms with van der Waals surface area (Å²) in [6, 6.07) is 11.6. The zero-order valence-corrected chi connectivity index (χ0v) is 15.6. The summed E-state index contributed by atoms with van der Waals surface area (Å²) < 4.78 is 0.838. The highest BCUT2D eigenvalue weighted by molar-refractivity contribution is 9.10. The van der Waals surface area contributed by atoms with Gasteiger partial charge in [-0.3, -0.25) is 20.2 Å². The van der Waals surface area contributed by atoms with E-state index in [0.29, 0.717) is 5.56 Å². The van der Waals surface area contributed by atoms with Gasteiger partial charge in [-0.2, -0.15) is 0 Å². The number of rotatable bonds is 4. The molecule has 0 fully saturated rings. The van der Waals surface area contributed by atoms with Crippen LogP contribution < -0.4 is 10.6 Å². The molecule has 0 aliphatic rings. The predicted molar refractivity (Wildman–Crippen MR) is 105 cm³/mol. The first-order valence-electron chi connectivity index (χ1n) is 7.16. The number of hydrogen-bond acceptors (Lipinski definition) is 4. The first-order chi connectivity index (χ1) is 11.8. The van der Waals surface area contributed by atoms with Crippen molar-refractivity contribution in [2.24, 2.45) is 0 Å². The van der Waals surface area contributed by atoms with Crippen LogP contribution in [0.1, 0.15) is 11.1 Å². The Hall–Kier alpha value is -2.58. The number of benzene rings is 2. The molecule has 0 spiro atoms. The van der Waals surface area contributed by atoms with Crippen molar-refractivity contribution in [3.63, 3.8) is 0 Å². The minimum atomic E-state index is -0.479. The molecule has 2 aromatic carbocycles. The van der Waals surface area contributed by atoms with Gasteiger partial charge in [-0.15, -0.1) is 0 Å². The van der Waals surface area contributed by atoms with Crippen LogP contribution in [-0.2, 0) is 4.79 Å². The van der Waals surface area contributed by atoms with Gasteiger partial charge in [0.1, 0.15) is 0 Å². The molecule has 128 valence electrons. The zero-order chi connectivity index (χ0) is 18.4. The molecule has 1 amide bonds. The maximum Gasteiger partial charge on any atom is 0.269 e. The number of nitrogens with zero attached hydrogens (tertiary/aromatic N) is 1.